The number of benzene rings is 2. The predicted octanol–water partition coefficient (Wildman–Crippen LogP) is 7.42. The number of alkyl halides is 4. The maximum Gasteiger partial charge on any atom is 0.312 e. The van der Waals surface area contributed by atoms with E-state index in [0.717, 1.165) is 0 Å². The molecule has 0 amide bonds. The average molecular weight is 665 g/mol. The van der Waals surface area contributed by atoms with Gasteiger partial charge in [-0.3, -0.25) is 4.79 Å². The highest BCUT2D eigenvalue weighted by Crippen LogP contribution is 2.80. The normalized spacial score (nSPS) is 23.5. The molecule has 0 bridgehead atoms. The molecule has 1 aliphatic carbocycles. The molecular formula is C22H19Br4NO3. The highest BCUT2D eigenvalue weighted by molar-refractivity contribution is 9.30. The molecule has 3 atom stereocenters. The van der Waals surface area contributed by atoms with Crippen LogP contribution in [-0.2, 0) is 4.79 Å². The fourth-order valence-electron chi connectivity index (χ4n) is 4.59. The van der Waals surface area contributed by atoms with Gasteiger partial charge in [-0.25, -0.2) is 0 Å². The number of carboxylic acid groups (broad SMARTS) is 1. The van der Waals surface area contributed by atoms with Crippen molar-refractivity contribution in [1.29, 1.82) is 5.26 Å². The summed E-state index contributed by atoms with van der Waals surface area (Å²) in [4.78, 5) is 12.7. The van der Waals surface area contributed by atoms with Gasteiger partial charge >= 0.3 is 5.97 Å². The number of carbonyl (C=O) groups is 1. The van der Waals surface area contributed by atoms with Crippen LogP contribution in [0.2, 0.25) is 0 Å². The lowest BCUT2D eigenvalue weighted by molar-refractivity contribution is -0.145. The second-order valence-electron chi connectivity index (χ2n) is 7.85. The van der Waals surface area contributed by atoms with Crippen LogP contribution >= 0.6 is 63.7 Å². The highest BCUT2D eigenvalue weighted by atomic mass is 79.9. The third-order valence-electron chi connectivity index (χ3n) is 5.94. The van der Waals surface area contributed by atoms with Crippen molar-refractivity contribution in [2.45, 2.75) is 26.7 Å². The summed E-state index contributed by atoms with van der Waals surface area (Å²) in [6, 6.07) is 18.7. The van der Waals surface area contributed by atoms with Gasteiger partial charge in [0.05, 0.1) is 21.1 Å². The Labute approximate surface area is 209 Å². The van der Waals surface area contributed by atoms with E-state index in [0.29, 0.717) is 17.1 Å². The molecule has 3 rings (SSSR count). The summed E-state index contributed by atoms with van der Waals surface area (Å²) < 4.78 is 4.88. The molecule has 2 aromatic rings. The van der Waals surface area contributed by atoms with Crippen LogP contribution in [0.1, 0.15) is 25.3 Å². The van der Waals surface area contributed by atoms with E-state index in [1.807, 2.05) is 44.2 Å². The molecule has 0 aliphatic heterocycles. The molecule has 4 nitrogen and oxygen atoms in total. The van der Waals surface area contributed by atoms with E-state index in [1.54, 1.807) is 24.3 Å². The van der Waals surface area contributed by atoms with Crippen LogP contribution in [0.3, 0.4) is 0 Å². The molecular weight excluding hydrogens is 646 g/mol. The van der Waals surface area contributed by atoms with Crippen molar-refractivity contribution >= 4 is 69.7 Å². The molecule has 158 valence electrons. The molecule has 0 aromatic heterocycles. The number of hydrogen-bond donors (Lipinski definition) is 1. The maximum atomic E-state index is 12.7. The number of aliphatic carboxylic acids is 1. The lowest BCUT2D eigenvalue weighted by Crippen LogP contribution is -2.33. The summed E-state index contributed by atoms with van der Waals surface area (Å²) in [6.07, 6.45) is 0. The summed E-state index contributed by atoms with van der Waals surface area (Å²) in [7, 11) is 0. The molecule has 1 saturated carbocycles. The highest BCUT2D eigenvalue weighted by Gasteiger charge is 2.84. The Hall–Kier alpha value is -0.880. The number of nitrogens with zero attached hydrogens (tertiary/aromatic N) is 1. The van der Waals surface area contributed by atoms with Gasteiger partial charge in [0.2, 0.25) is 0 Å². The Bertz CT molecular complexity index is 987. The van der Waals surface area contributed by atoms with Gasteiger partial charge in [-0.05, 0) is 35.2 Å². The van der Waals surface area contributed by atoms with E-state index in [1.165, 1.54) is 0 Å². The fraction of sp³-hybridized carbons (Fsp3) is 0.364. The van der Waals surface area contributed by atoms with Crippen LogP contribution in [0.25, 0.3) is 0 Å². The van der Waals surface area contributed by atoms with Gasteiger partial charge in [0.1, 0.15) is 14.7 Å². The Morgan fingerprint density at radius 2 is 1.73 bits per heavy atom. The molecule has 0 spiro atoms. The van der Waals surface area contributed by atoms with Crippen LogP contribution in [0, 0.1) is 28.1 Å². The first-order chi connectivity index (χ1) is 14.0. The van der Waals surface area contributed by atoms with Gasteiger partial charge in [0, 0.05) is 5.92 Å². The van der Waals surface area contributed by atoms with Gasteiger partial charge < -0.3 is 9.84 Å². The lowest BCUT2D eigenvalue weighted by Gasteiger charge is -2.27. The monoisotopic (exact) mass is 661 g/mol. The first-order valence-corrected chi connectivity index (χ1v) is 12.5. The Morgan fingerprint density at radius 3 is 2.27 bits per heavy atom. The maximum absolute atomic E-state index is 12.7. The number of rotatable bonds is 7. The van der Waals surface area contributed by atoms with Crippen LogP contribution in [0.5, 0.6) is 11.5 Å². The predicted molar refractivity (Wildman–Crippen MR) is 131 cm³/mol. The second kappa shape index (κ2) is 8.57. The quantitative estimate of drug-likeness (QED) is 0.313. The van der Waals surface area contributed by atoms with Crippen LogP contribution in [0.4, 0.5) is 0 Å². The van der Waals surface area contributed by atoms with Crippen molar-refractivity contribution in [1.82, 2.24) is 0 Å². The van der Waals surface area contributed by atoms with E-state index in [4.69, 9.17) is 4.74 Å². The number of nitriles is 1. The Morgan fingerprint density at radius 1 is 1.13 bits per heavy atom. The Balaban J connectivity index is 2.05. The topological polar surface area (TPSA) is 70.3 Å². The third-order valence-corrected chi connectivity index (χ3v) is 11.7. The number of halogens is 4. The first-order valence-electron chi connectivity index (χ1n) is 9.13. The molecule has 1 N–H and O–H groups in total. The van der Waals surface area contributed by atoms with Crippen molar-refractivity contribution < 1.29 is 14.6 Å². The van der Waals surface area contributed by atoms with Gasteiger partial charge in [0.25, 0.3) is 0 Å². The number of hydrogen-bond acceptors (Lipinski definition) is 3. The standard InChI is InChI=1S/C22H19Br4NO3/c1-20(2)17(22(25,26)18(23)24)21(20,19(28)29)16(12-27)13-7-6-10-15(11-13)30-14-8-4-3-5-9-14/h3-11,16-18H,1-2H3,(H,28,29)/t16-,17+,21-/m0/s1. The lowest BCUT2D eigenvalue weighted by atomic mass is 9.78. The second-order valence-corrected chi connectivity index (χ2v) is 14.6. The zero-order chi connectivity index (χ0) is 22.3. The van der Waals surface area contributed by atoms with Crippen molar-refractivity contribution in [2.75, 3.05) is 0 Å². The fourth-order valence-corrected chi connectivity index (χ4v) is 6.99. The van der Waals surface area contributed by atoms with E-state index < -0.39 is 26.0 Å². The molecule has 8 heteroatoms. The van der Waals surface area contributed by atoms with Gasteiger partial charge in [-0.2, -0.15) is 5.26 Å². The molecule has 0 unspecified atom stereocenters. The largest absolute Gasteiger partial charge is 0.481 e. The van der Waals surface area contributed by atoms with Gasteiger partial charge in [0.15, 0.2) is 0 Å². The molecule has 0 heterocycles. The molecule has 2 aromatic carbocycles. The van der Waals surface area contributed by atoms with Crippen molar-refractivity contribution in [3.8, 4) is 17.6 Å². The van der Waals surface area contributed by atoms with Gasteiger partial charge in [-0.1, -0.05) is 108 Å². The van der Waals surface area contributed by atoms with Crippen LogP contribution in [-0.4, -0.2) is 18.0 Å². The van der Waals surface area contributed by atoms with Crippen molar-refractivity contribution in [3.63, 3.8) is 0 Å². The minimum absolute atomic E-state index is 0.255. The zero-order valence-electron chi connectivity index (χ0n) is 16.2. The summed E-state index contributed by atoms with van der Waals surface area (Å²) in [6.45, 7) is 3.78. The summed E-state index contributed by atoms with van der Waals surface area (Å²) >= 11 is 14.3. The summed E-state index contributed by atoms with van der Waals surface area (Å²) in [5.74, 6) is -1.04. The average Bonchev–Trinajstić information content (AvgIpc) is 3.21. The van der Waals surface area contributed by atoms with Gasteiger partial charge in [-0.15, -0.1) is 0 Å². The zero-order valence-corrected chi connectivity index (χ0v) is 22.5. The number of carboxylic acids is 1. The summed E-state index contributed by atoms with van der Waals surface area (Å²) in [5.41, 5.74) is -1.36. The van der Waals surface area contributed by atoms with E-state index >= 15 is 0 Å². The molecule has 0 radical (unpaired) electrons. The van der Waals surface area contributed by atoms with E-state index in [2.05, 4.69) is 69.8 Å². The van der Waals surface area contributed by atoms with Crippen molar-refractivity contribution in [3.05, 3.63) is 60.2 Å². The number of ether oxygens (including phenoxy) is 1. The molecule has 0 saturated heterocycles. The van der Waals surface area contributed by atoms with Crippen LogP contribution in [0.15, 0.2) is 54.6 Å². The summed E-state index contributed by atoms with van der Waals surface area (Å²) in [5, 5.41) is 20.5. The van der Waals surface area contributed by atoms with Crippen molar-refractivity contribution in [2.24, 2.45) is 16.7 Å². The number of para-hydroxylation sites is 1. The smallest absolute Gasteiger partial charge is 0.312 e. The minimum Gasteiger partial charge on any atom is -0.481 e. The first kappa shape index (κ1) is 23.8. The van der Waals surface area contributed by atoms with Crippen LogP contribution < -0.4 is 4.74 Å². The molecule has 1 fully saturated rings. The van der Waals surface area contributed by atoms with E-state index in [9.17, 15) is 15.2 Å². The Kier molecular flexibility index (Phi) is 6.79. The molecule has 30 heavy (non-hydrogen) atoms. The molecule has 1 aliphatic rings. The SMILES string of the molecule is CC1(C)[C@@H](C(Br)(Br)C(Br)Br)[C@]1(C(=O)O)[C@@H](C#N)c1cccc(Oc2ccccc2)c1. The van der Waals surface area contributed by atoms with E-state index in [-0.39, 0.29) is 9.65 Å². The third kappa shape index (κ3) is 3.76. The minimum atomic E-state index is -1.31.